The lowest BCUT2D eigenvalue weighted by molar-refractivity contribution is 0.0697. The molecule has 15 heavy (non-hydrogen) atoms. The van der Waals surface area contributed by atoms with Gasteiger partial charge in [-0.25, -0.2) is 4.79 Å². The minimum atomic E-state index is -0.891. The van der Waals surface area contributed by atoms with Gasteiger partial charge in [0, 0.05) is 6.04 Å². The van der Waals surface area contributed by atoms with Crippen LogP contribution in [0.2, 0.25) is 0 Å². The number of rotatable bonds is 4. The van der Waals surface area contributed by atoms with Crippen LogP contribution in [0.3, 0.4) is 0 Å². The monoisotopic (exact) mass is 205 g/mol. The van der Waals surface area contributed by atoms with E-state index < -0.39 is 5.97 Å². The molecule has 3 heteroatoms. The lowest BCUT2D eigenvalue weighted by atomic mass is 10.0. The number of carboxylic acid groups (broad SMARTS) is 1. The van der Waals surface area contributed by atoms with Gasteiger partial charge >= 0.3 is 5.97 Å². The number of carboxylic acids is 1. The Morgan fingerprint density at radius 2 is 2.00 bits per heavy atom. The summed E-state index contributed by atoms with van der Waals surface area (Å²) in [5.74, 6) is -0.100. The minimum absolute atomic E-state index is 0.0559. The van der Waals surface area contributed by atoms with Gasteiger partial charge in [0.15, 0.2) is 0 Å². The van der Waals surface area contributed by atoms with Crippen LogP contribution < -0.4 is 5.73 Å². The molecule has 1 fully saturated rings. The molecular weight excluding hydrogens is 190 g/mol. The second kappa shape index (κ2) is 4.03. The van der Waals surface area contributed by atoms with Crippen molar-refractivity contribution in [2.75, 3.05) is 0 Å². The van der Waals surface area contributed by atoms with Crippen molar-refractivity contribution >= 4 is 5.97 Å². The Labute approximate surface area is 88.9 Å². The smallest absolute Gasteiger partial charge is 0.335 e. The van der Waals surface area contributed by atoms with Crippen molar-refractivity contribution in [1.82, 2.24) is 0 Å². The topological polar surface area (TPSA) is 63.3 Å². The zero-order valence-corrected chi connectivity index (χ0v) is 8.52. The first-order valence-corrected chi connectivity index (χ1v) is 5.25. The Morgan fingerprint density at radius 3 is 2.47 bits per heavy atom. The molecule has 3 N–H and O–H groups in total. The number of carbonyl (C=O) groups is 1. The van der Waals surface area contributed by atoms with E-state index in [1.54, 1.807) is 12.1 Å². The van der Waals surface area contributed by atoms with Gasteiger partial charge in [-0.3, -0.25) is 0 Å². The molecule has 0 aliphatic heterocycles. The highest BCUT2D eigenvalue weighted by atomic mass is 16.4. The zero-order valence-electron chi connectivity index (χ0n) is 8.52. The first-order chi connectivity index (χ1) is 7.16. The van der Waals surface area contributed by atoms with Crippen LogP contribution in [0, 0.1) is 5.92 Å². The van der Waals surface area contributed by atoms with Crippen molar-refractivity contribution in [3.8, 4) is 0 Å². The maximum absolute atomic E-state index is 10.6. The number of nitrogens with two attached hydrogens (primary N) is 1. The van der Waals surface area contributed by atoms with Gasteiger partial charge in [0.2, 0.25) is 0 Å². The quantitative estimate of drug-likeness (QED) is 0.791. The minimum Gasteiger partial charge on any atom is -0.478 e. The van der Waals surface area contributed by atoms with Crippen molar-refractivity contribution in [3.63, 3.8) is 0 Å². The van der Waals surface area contributed by atoms with Crippen molar-refractivity contribution in [3.05, 3.63) is 35.4 Å². The third-order valence-corrected chi connectivity index (χ3v) is 2.87. The van der Waals surface area contributed by atoms with Gasteiger partial charge in [-0.2, -0.15) is 0 Å². The molecule has 0 saturated heterocycles. The highest BCUT2D eigenvalue weighted by molar-refractivity contribution is 5.87. The van der Waals surface area contributed by atoms with Crippen molar-refractivity contribution in [2.45, 2.75) is 25.3 Å². The van der Waals surface area contributed by atoms with E-state index in [2.05, 4.69) is 0 Å². The molecule has 2 rings (SSSR count). The average molecular weight is 205 g/mol. The highest BCUT2D eigenvalue weighted by Crippen LogP contribution is 2.36. The fourth-order valence-electron chi connectivity index (χ4n) is 1.72. The van der Waals surface area contributed by atoms with Gasteiger partial charge < -0.3 is 10.8 Å². The van der Waals surface area contributed by atoms with Crippen molar-refractivity contribution < 1.29 is 9.90 Å². The Morgan fingerprint density at radius 1 is 1.40 bits per heavy atom. The van der Waals surface area contributed by atoms with E-state index in [9.17, 15) is 4.79 Å². The maximum atomic E-state index is 10.6. The van der Waals surface area contributed by atoms with Crippen LogP contribution in [0.25, 0.3) is 0 Å². The van der Waals surface area contributed by atoms with Gasteiger partial charge in [-0.05, 0) is 30.0 Å². The molecule has 0 aromatic heterocycles. The Kier molecular flexibility index (Phi) is 2.73. The zero-order chi connectivity index (χ0) is 10.8. The summed E-state index contributed by atoms with van der Waals surface area (Å²) in [6.07, 6.45) is 3.61. The SMILES string of the molecule is N[C@@H](CC1CC1)c1ccc(C(=O)O)cc1. The van der Waals surface area contributed by atoms with E-state index in [4.69, 9.17) is 10.8 Å². The lowest BCUT2D eigenvalue weighted by Crippen LogP contribution is -2.11. The average Bonchev–Trinajstić information content (AvgIpc) is 3.02. The number of aromatic carboxylic acids is 1. The lowest BCUT2D eigenvalue weighted by Gasteiger charge is -2.11. The summed E-state index contributed by atoms with van der Waals surface area (Å²) in [7, 11) is 0. The predicted molar refractivity (Wildman–Crippen MR) is 57.7 cm³/mol. The van der Waals surface area contributed by atoms with E-state index in [1.165, 1.54) is 12.8 Å². The molecule has 0 unspecified atom stereocenters. The molecule has 1 atom stereocenters. The van der Waals surface area contributed by atoms with Crippen molar-refractivity contribution in [2.24, 2.45) is 11.7 Å². The van der Waals surface area contributed by atoms with Crippen molar-refractivity contribution in [1.29, 1.82) is 0 Å². The molecule has 1 aromatic rings. The summed E-state index contributed by atoms with van der Waals surface area (Å²) in [5.41, 5.74) is 7.37. The van der Waals surface area contributed by atoms with Crippen LogP contribution in [0.5, 0.6) is 0 Å². The Hall–Kier alpha value is -1.35. The highest BCUT2D eigenvalue weighted by Gasteiger charge is 2.24. The van der Waals surface area contributed by atoms with E-state index >= 15 is 0 Å². The maximum Gasteiger partial charge on any atom is 0.335 e. The van der Waals surface area contributed by atoms with E-state index in [0.29, 0.717) is 5.56 Å². The van der Waals surface area contributed by atoms with Gasteiger partial charge in [-0.15, -0.1) is 0 Å². The van der Waals surface area contributed by atoms with Crippen LogP contribution in [-0.2, 0) is 0 Å². The number of hydrogen-bond acceptors (Lipinski definition) is 2. The Balaban J connectivity index is 2.04. The second-order valence-electron chi connectivity index (χ2n) is 4.21. The number of hydrogen-bond donors (Lipinski definition) is 2. The summed E-state index contributed by atoms with van der Waals surface area (Å²) in [5, 5.41) is 8.74. The number of benzene rings is 1. The van der Waals surface area contributed by atoms with Crippen LogP contribution >= 0.6 is 0 Å². The van der Waals surface area contributed by atoms with Crippen LogP contribution in [-0.4, -0.2) is 11.1 Å². The molecule has 1 aromatic carbocycles. The van der Waals surface area contributed by atoms with E-state index in [1.807, 2.05) is 12.1 Å². The van der Waals surface area contributed by atoms with Crippen LogP contribution in [0.1, 0.15) is 41.2 Å². The molecule has 0 spiro atoms. The molecule has 0 radical (unpaired) electrons. The molecule has 1 aliphatic rings. The summed E-state index contributed by atoms with van der Waals surface area (Å²) >= 11 is 0. The molecule has 3 nitrogen and oxygen atoms in total. The van der Waals surface area contributed by atoms with Gasteiger partial charge in [0.25, 0.3) is 0 Å². The summed E-state index contributed by atoms with van der Waals surface area (Å²) < 4.78 is 0. The second-order valence-corrected chi connectivity index (χ2v) is 4.21. The fraction of sp³-hybridized carbons (Fsp3) is 0.417. The van der Waals surface area contributed by atoms with E-state index in [0.717, 1.165) is 17.9 Å². The van der Waals surface area contributed by atoms with Gasteiger partial charge in [0.05, 0.1) is 5.56 Å². The van der Waals surface area contributed by atoms with Crippen LogP contribution in [0.4, 0.5) is 0 Å². The van der Waals surface area contributed by atoms with E-state index in [-0.39, 0.29) is 6.04 Å². The standard InChI is InChI=1S/C12H15NO2/c13-11(7-8-1-2-8)9-3-5-10(6-4-9)12(14)15/h3-6,8,11H,1-2,7,13H2,(H,14,15)/t11-/m0/s1. The first kappa shape index (κ1) is 10.2. The third kappa shape index (κ3) is 2.57. The Bertz CT molecular complexity index is 354. The van der Waals surface area contributed by atoms with Gasteiger partial charge in [-0.1, -0.05) is 25.0 Å². The largest absolute Gasteiger partial charge is 0.478 e. The molecule has 1 saturated carbocycles. The third-order valence-electron chi connectivity index (χ3n) is 2.87. The summed E-state index contributed by atoms with van der Waals surface area (Å²) in [6, 6.07) is 6.92. The molecule has 1 aliphatic carbocycles. The molecule has 0 bridgehead atoms. The normalized spacial score (nSPS) is 17.4. The fourth-order valence-corrected chi connectivity index (χ4v) is 1.72. The van der Waals surface area contributed by atoms with Crippen LogP contribution in [0.15, 0.2) is 24.3 Å². The first-order valence-electron chi connectivity index (χ1n) is 5.25. The summed E-state index contributed by atoms with van der Waals surface area (Å²) in [4.78, 5) is 10.6. The van der Waals surface area contributed by atoms with Gasteiger partial charge in [0.1, 0.15) is 0 Å². The summed E-state index contributed by atoms with van der Waals surface area (Å²) in [6.45, 7) is 0. The molecule has 0 heterocycles. The molecular formula is C12H15NO2. The molecule has 0 amide bonds. The predicted octanol–water partition coefficient (Wildman–Crippen LogP) is 2.18. The molecule has 80 valence electrons.